The molecule has 22 heavy (non-hydrogen) atoms. The fraction of sp³-hybridized carbons (Fsp3) is 0.278. The Labute approximate surface area is 131 Å². The number of benzene rings is 2. The molecule has 1 amide bonds. The van der Waals surface area contributed by atoms with Gasteiger partial charge in [-0.05, 0) is 36.8 Å². The Kier molecular flexibility index (Phi) is 5.98. The molecule has 0 saturated heterocycles. The highest BCUT2D eigenvalue weighted by Crippen LogP contribution is 2.15. The lowest BCUT2D eigenvalue weighted by molar-refractivity contribution is 0.0940. The minimum atomic E-state index is -0.0974. The maximum absolute atomic E-state index is 12.2. The Bertz CT molecular complexity index is 581. The molecule has 1 N–H and O–H groups in total. The van der Waals surface area contributed by atoms with Gasteiger partial charge in [0.15, 0.2) is 0 Å². The SMILES string of the molecule is COCCOc1ccc(C(=O)NC(C)c2ccccc2)cc1. The van der Waals surface area contributed by atoms with Crippen LogP contribution < -0.4 is 10.1 Å². The molecule has 1 unspecified atom stereocenters. The largest absolute Gasteiger partial charge is 0.491 e. The van der Waals surface area contributed by atoms with E-state index in [0.29, 0.717) is 18.8 Å². The van der Waals surface area contributed by atoms with Gasteiger partial charge in [-0.15, -0.1) is 0 Å². The number of nitrogens with one attached hydrogen (secondary N) is 1. The molecule has 4 nitrogen and oxygen atoms in total. The molecule has 0 heterocycles. The van der Waals surface area contributed by atoms with E-state index >= 15 is 0 Å². The Morgan fingerprint density at radius 1 is 1.05 bits per heavy atom. The van der Waals surface area contributed by atoms with Crippen LogP contribution in [-0.4, -0.2) is 26.2 Å². The zero-order valence-electron chi connectivity index (χ0n) is 12.9. The van der Waals surface area contributed by atoms with Gasteiger partial charge in [-0.2, -0.15) is 0 Å². The van der Waals surface area contributed by atoms with Crippen LogP contribution in [0.2, 0.25) is 0 Å². The summed E-state index contributed by atoms with van der Waals surface area (Å²) in [5.74, 6) is 0.629. The van der Waals surface area contributed by atoms with Crippen molar-refractivity contribution in [3.63, 3.8) is 0 Å². The first-order valence-corrected chi connectivity index (χ1v) is 7.28. The fourth-order valence-electron chi connectivity index (χ4n) is 2.05. The number of rotatable bonds is 7. The normalized spacial score (nSPS) is 11.7. The van der Waals surface area contributed by atoms with Gasteiger partial charge in [0.2, 0.25) is 0 Å². The van der Waals surface area contributed by atoms with Crippen LogP contribution in [0.5, 0.6) is 5.75 Å². The number of hydrogen-bond donors (Lipinski definition) is 1. The summed E-state index contributed by atoms with van der Waals surface area (Å²) in [5, 5.41) is 2.98. The van der Waals surface area contributed by atoms with Gasteiger partial charge >= 0.3 is 0 Å². The van der Waals surface area contributed by atoms with Gasteiger partial charge in [-0.25, -0.2) is 0 Å². The molecule has 2 aromatic rings. The number of carbonyl (C=O) groups is 1. The number of methoxy groups -OCH3 is 1. The molecule has 0 aliphatic heterocycles. The maximum Gasteiger partial charge on any atom is 0.251 e. The number of ether oxygens (including phenoxy) is 2. The summed E-state index contributed by atoms with van der Waals surface area (Å²) in [6.07, 6.45) is 0. The standard InChI is InChI=1S/C18H21NO3/c1-14(15-6-4-3-5-7-15)19-18(20)16-8-10-17(11-9-16)22-13-12-21-2/h3-11,14H,12-13H2,1-2H3,(H,19,20). The zero-order chi connectivity index (χ0) is 15.8. The van der Waals surface area contributed by atoms with Crippen LogP contribution in [0, 0.1) is 0 Å². The minimum absolute atomic E-state index is 0.0358. The lowest BCUT2D eigenvalue weighted by atomic mass is 10.1. The Hall–Kier alpha value is -2.33. The molecule has 0 aliphatic carbocycles. The molecule has 0 bridgehead atoms. The van der Waals surface area contributed by atoms with Crippen LogP contribution in [0.3, 0.4) is 0 Å². The third kappa shape index (κ3) is 4.60. The molecule has 0 fully saturated rings. The number of hydrogen-bond acceptors (Lipinski definition) is 3. The van der Waals surface area contributed by atoms with Gasteiger partial charge in [0.25, 0.3) is 5.91 Å². The van der Waals surface area contributed by atoms with Crippen LogP contribution in [0.4, 0.5) is 0 Å². The maximum atomic E-state index is 12.2. The van der Waals surface area contributed by atoms with Crippen LogP contribution >= 0.6 is 0 Å². The molecule has 2 aromatic carbocycles. The van der Waals surface area contributed by atoms with Crippen molar-refractivity contribution in [3.8, 4) is 5.75 Å². The second kappa shape index (κ2) is 8.20. The van der Waals surface area contributed by atoms with Crippen molar-refractivity contribution in [2.45, 2.75) is 13.0 Å². The highest BCUT2D eigenvalue weighted by molar-refractivity contribution is 5.94. The first-order chi connectivity index (χ1) is 10.7. The second-order valence-electron chi connectivity index (χ2n) is 4.97. The van der Waals surface area contributed by atoms with Crippen LogP contribution in [0.15, 0.2) is 54.6 Å². The molecular formula is C18H21NO3. The van der Waals surface area contributed by atoms with E-state index in [-0.39, 0.29) is 11.9 Å². The average Bonchev–Trinajstić information content (AvgIpc) is 2.56. The van der Waals surface area contributed by atoms with Crippen molar-refractivity contribution in [2.75, 3.05) is 20.3 Å². The Morgan fingerprint density at radius 3 is 2.36 bits per heavy atom. The van der Waals surface area contributed by atoms with E-state index < -0.39 is 0 Å². The predicted molar refractivity (Wildman–Crippen MR) is 86.1 cm³/mol. The van der Waals surface area contributed by atoms with Gasteiger partial charge in [0.1, 0.15) is 12.4 Å². The van der Waals surface area contributed by atoms with Crippen LogP contribution in [-0.2, 0) is 4.74 Å². The van der Waals surface area contributed by atoms with Crippen molar-refractivity contribution in [2.24, 2.45) is 0 Å². The zero-order valence-corrected chi connectivity index (χ0v) is 12.9. The van der Waals surface area contributed by atoms with E-state index in [9.17, 15) is 4.79 Å². The third-order valence-electron chi connectivity index (χ3n) is 3.32. The van der Waals surface area contributed by atoms with E-state index in [4.69, 9.17) is 9.47 Å². The van der Waals surface area contributed by atoms with Crippen molar-refractivity contribution >= 4 is 5.91 Å². The number of amides is 1. The van der Waals surface area contributed by atoms with Crippen LogP contribution in [0.25, 0.3) is 0 Å². The highest BCUT2D eigenvalue weighted by Gasteiger charge is 2.11. The van der Waals surface area contributed by atoms with E-state index in [1.54, 1.807) is 31.4 Å². The summed E-state index contributed by atoms with van der Waals surface area (Å²) >= 11 is 0. The topological polar surface area (TPSA) is 47.6 Å². The minimum Gasteiger partial charge on any atom is -0.491 e. The lowest BCUT2D eigenvalue weighted by Crippen LogP contribution is -2.26. The van der Waals surface area contributed by atoms with Crippen molar-refractivity contribution < 1.29 is 14.3 Å². The first-order valence-electron chi connectivity index (χ1n) is 7.28. The van der Waals surface area contributed by atoms with E-state index in [1.165, 1.54) is 0 Å². The molecule has 0 spiro atoms. The molecule has 0 aromatic heterocycles. The van der Waals surface area contributed by atoms with E-state index in [0.717, 1.165) is 11.3 Å². The second-order valence-corrected chi connectivity index (χ2v) is 4.97. The predicted octanol–water partition coefficient (Wildman–Crippen LogP) is 3.20. The summed E-state index contributed by atoms with van der Waals surface area (Å²) in [7, 11) is 1.63. The number of carbonyl (C=O) groups excluding carboxylic acids is 1. The quantitative estimate of drug-likeness (QED) is 0.799. The molecule has 0 saturated carbocycles. The van der Waals surface area contributed by atoms with Gasteiger partial charge in [0, 0.05) is 12.7 Å². The van der Waals surface area contributed by atoms with Crippen molar-refractivity contribution in [1.82, 2.24) is 5.32 Å². The molecule has 2 rings (SSSR count). The van der Waals surface area contributed by atoms with E-state index in [1.807, 2.05) is 37.3 Å². The summed E-state index contributed by atoms with van der Waals surface area (Å²) in [4.78, 5) is 12.2. The molecule has 4 heteroatoms. The third-order valence-corrected chi connectivity index (χ3v) is 3.32. The van der Waals surface area contributed by atoms with Crippen LogP contribution in [0.1, 0.15) is 28.9 Å². The monoisotopic (exact) mass is 299 g/mol. The van der Waals surface area contributed by atoms with Gasteiger partial charge < -0.3 is 14.8 Å². The molecule has 116 valence electrons. The van der Waals surface area contributed by atoms with Gasteiger partial charge in [-0.3, -0.25) is 4.79 Å². The summed E-state index contributed by atoms with van der Waals surface area (Å²) in [6, 6.07) is 16.9. The first kappa shape index (κ1) is 16.0. The molecule has 1 atom stereocenters. The Balaban J connectivity index is 1.92. The summed E-state index contributed by atoms with van der Waals surface area (Å²) in [6.45, 7) is 3.00. The molecule has 0 aliphatic rings. The van der Waals surface area contributed by atoms with Crippen molar-refractivity contribution in [3.05, 3.63) is 65.7 Å². The highest BCUT2D eigenvalue weighted by atomic mass is 16.5. The summed E-state index contributed by atoms with van der Waals surface area (Å²) in [5.41, 5.74) is 1.69. The van der Waals surface area contributed by atoms with Gasteiger partial charge in [-0.1, -0.05) is 30.3 Å². The average molecular weight is 299 g/mol. The molecular weight excluding hydrogens is 278 g/mol. The van der Waals surface area contributed by atoms with Crippen molar-refractivity contribution in [1.29, 1.82) is 0 Å². The Morgan fingerprint density at radius 2 is 1.73 bits per heavy atom. The summed E-state index contributed by atoms with van der Waals surface area (Å²) < 4.78 is 10.4. The van der Waals surface area contributed by atoms with E-state index in [2.05, 4.69) is 5.32 Å². The fourth-order valence-corrected chi connectivity index (χ4v) is 2.05. The van der Waals surface area contributed by atoms with Gasteiger partial charge in [0.05, 0.1) is 12.6 Å². The molecule has 0 radical (unpaired) electrons. The smallest absolute Gasteiger partial charge is 0.251 e. The lowest BCUT2D eigenvalue weighted by Gasteiger charge is -2.14.